The number of benzene rings is 1. The Morgan fingerprint density at radius 1 is 0.958 bits per heavy atom. The molecule has 132 valence electrons. The summed E-state index contributed by atoms with van der Waals surface area (Å²) in [5.41, 5.74) is 2.41. The lowest BCUT2D eigenvalue weighted by Crippen LogP contribution is -2.38. The minimum atomic E-state index is 0.191. The summed E-state index contributed by atoms with van der Waals surface area (Å²) in [4.78, 5) is 15.6. The summed E-state index contributed by atoms with van der Waals surface area (Å²) in [5.74, 6) is 0. The van der Waals surface area contributed by atoms with Crippen molar-refractivity contribution in [1.82, 2.24) is 14.0 Å². The number of fused-ring (bicyclic) bond motifs is 1. The Bertz CT molecular complexity index is 707. The van der Waals surface area contributed by atoms with E-state index in [1.54, 1.807) is 0 Å². The van der Waals surface area contributed by atoms with E-state index in [4.69, 9.17) is 0 Å². The van der Waals surface area contributed by atoms with Gasteiger partial charge in [-0.25, -0.2) is 4.79 Å². The Balaban J connectivity index is 1.85. The first-order valence-corrected chi connectivity index (χ1v) is 9.68. The Labute approximate surface area is 145 Å². The number of rotatable bonds is 7. The summed E-state index contributed by atoms with van der Waals surface area (Å²) in [6.45, 7) is 8.69. The smallest absolute Gasteiger partial charge is 0.303 e. The van der Waals surface area contributed by atoms with Crippen LogP contribution in [0.15, 0.2) is 29.1 Å². The van der Waals surface area contributed by atoms with Crippen LogP contribution in [0.5, 0.6) is 0 Å². The second-order valence-corrected chi connectivity index (χ2v) is 7.07. The molecule has 2 heterocycles. The number of likely N-dealkylation sites (tertiary alicyclic amines) is 1. The van der Waals surface area contributed by atoms with Crippen LogP contribution in [0.4, 0.5) is 0 Å². The van der Waals surface area contributed by atoms with Crippen LogP contribution in [-0.2, 0) is 6.54 Å². The van der Waals surface area contributed by atoms with Crippen molar-refractivity contribution in [3.63, 3.8) is 0 Å². The Hall–Kier alpha value is -1.55. The van der Waals surface area contributed by atoms with Crippen molar-refractivity contribution in [2.24, 2.45) is 0 Å². The van der Waals surface area contributed by atoms with E-state index >= 15 is 0 Å². The fourth-order valence-corrected chi connectivity index (χ4v) is 3.90. The molecule has 3 rings (SSSR count). The molecule has 1 aromatic heterocycles. The van der Waals surface area contributed by atoms with Crippen LogP contribution in [0.2, 0.25) is 0 Å². The van der Waals surface area contributed by atoms with Crippen LogP contribution >= 0.6 is 0 Å². The summed E-state index contributed by atoms with van der Waals surface area (Å²) in [5, 5.41) is 0. The van der Waals surface area contributed by atoms with Crippen molar-refractivity contribution < 1.29 is 0 Å². The highest BCUT2D eigenvalue weighted by Crippen LogP contribution is 2.26. The molecule has 0 N–H and O–H groups in total. The molecule has 24 heavy (non-hydrogen) atoms. The van der Waals surface area contributed by atoms with Crippen LogP contribution in [0.1, 0.15) is 58.4 Å². The van der Waals surface area contributed by atoms with Crippen molar-refractivity contribution in [2.75, 3.05) is 19.6 Å². The number of para-hydroxylation sites is 2. The standard InChI is InChI=1S/C20H31N3O/c1-3-5-13-21-15-11-17(12-16-21)23-19-10-8-7-9-18(19)22(20(23)24)14-6-4-2/h7-10,17H,3-6,11-16H2,1-2H3. The molecule has 1 fully saturated rings. The SMILES string of the molecule is CCCCN1CCC(n2c(=O)n(CCCC)c3ccccc32)CC1. The van der Waals surface area contributed by atoms with E-state index in [0.29, 0.717) is 6.04 Å². The first kappa shape index (κ1) is 17.3. The van der Waals surface area contributed by atoms with Gasteiger partial charge in [0.15, 0.2) is 0 Å². The van der Waals surface area contributed by atoms with Gasteiger partial charge in [-0.3, -0.25) is 9.13 Å². The highest BCUT2D eigenvalue weighted by atomic mass is 16.1. The first-order valence-electron chi connectivity index (χ1n) is 9.68. The third-order valence-electron chi connectivity index (χ3n) is 5.35. The zero-order chi connectivity index (χ0) is 16.9. The average Bonchev–Trinajstić information content (AvgIpc) is 2.90. The summed E-state index contributed by atoms with van der Waals surface area (Å²) in [6, 6.07) is 8.66. The van der Waals surface area contributed by atoms with E-state index in [-0.39, 0.29) is 5.69 Å². The molecule has 0 saturated carbocycles. The number of unbranched alkanes of at least 4 members (excludes halogenated alkanes) is 2. The zero-order valence-electron chi connectivity index (χ0n) is 15.2. The van der Waals surface area contributed by atoms with Gasteiger partial charge in [-0.1, -0.05) is 38.8 Å². The highest BCUT2D eigenvalue weighted by Gasteiger charge is 2.24. The number of aromatic nitrogens is 2. The topological polar surface area (TPSA) is 30.2 Å². The third-order valence-corrected chi connectivity index (χ3v) is 5.35. The maximum absolute atomic E-state index is 13.1. The summed E-state index contributed by atoms with van der Waals surface area (Å²) >= 11 is 0. The van der Waals surface area contributed by atoms with Gasteiger partial charge in [0.1, 0.15) is 0 Å². The molecule has 4 nitrogen and oxygen atoms in total. The molecule has 1 aliphatic heterocycles. The molecule has 0 atom stereocenters. The molecule has 1 aromatic carbocycles. The Kier molecular flexibility index (Phi) is 5.77. The molecular formula is C20H31N3O. The zero-order valence-corrected chi connectivity index (χ0v) is 15.2. The molecule has 1 saturated heterocycles. The third kappa shape index (κ3) is 3.44. The van der Waals surface area contributed by atoms with E-state index in [1.807, 2.05) is 10.6 Å². The predicted molar refractivity (Wildman–Crippen MR) is 101 cm³/mol. The van der Waals surface area contributed by atoms with Crippen molar-refractivity contribution in [1.29, 1.82) is 0 Å². The quantitative estimate of drug-likeness (QED) is 0.767. The molecule has 1 aliphatic rings. The van der Waals surface area contributed by atoms with E-state index in [2.05, 4.69) is 41.5 Å². The lowest BCUT2D eigenvalue weighted by atomic mass is 10.0. The van der Waals surface area contributed by atoms with E-state index < -0.39 is 0 Å². The van der Waals surface area contributed by atoms with Gasteiger partial charge < -0.3 is 4.90 Å². The van der Waals surface area contributed by atoms with Gasteiger partial charge >= 0.3 is 5.69 Å². The number of nitrogens with zero attached hydrogens (tertiary/aromatic N) is 3. The normalized spacial score (nSPS) is 16.9. The van der Waals surface area contributed by atoms with Gasteiger partial charge in [0.25, 0.3) is 0 Å². The van der Waals surface area contributed by atoms with Crippen molar-refractivity contribution in [3.05, 3.63) is 34.7 Å². The van der Waals surface area contributed by atoms with E-state index in [0.717, 1.165) is 56.4 Å². The molecule has 0 unspecified atom stereocenters. The second kappa shape index (κ2) is 8.02. The van der Waals surface area contributed by atoms with Gasteiger partial charge in [0.2, 0.25) is 0 Å². The fourth-order valence-electron chi connectivity index (χ4n) is 3.90. The van der Waals surface area contributed by atoms with Gasteiger partial charge in [0.05, 0.1) is 11.0 Å². The Morgan fingerprint density at radius 2 is 1.58 bits per heavy atom. The number of imidazole rings is 1. The maximum Gasteiger partial charge on any atom is 0.329 e. The largest absolute Gasteiger partial charge is 0.329 e. The minimum Gasteiger partial charge on any atom is -0.303 e. The molecule has 0 spiro atoms. The fraction of sp³-hybridized carbons (Fsp3) is 0.650. The summed E-state index contributed by atoms with van der Waals surface area (Å²) < 4.78 is 4.07. The maximum atomic E-state index is 13.1. The molecule has 0 radical (unpaired) electrons. The molecular weight excluding hydrogens is 298 g/mol. The highest BCUT2D eigenvalue weighted by molar-refractivity contribution is 5.76. The predicted octanol–water partition coefficient (Wildman–Crippen LogP) is 4.04. The number of hydrogen-bond acceptors (Lipinski definition) is 2. The first-order chi connectivity index (χ1) is 11.8. The van der Waals surface area contributed by atoms with E-state index in [1.165, 1.54) is 19.4 Å². The van der Waals surface area contributed by atoms with Crippen LogP contribution in [0, 0.1) is 0 Å². The lowest BCUT2D eigenvalue weighted by Gasteiger charge is -2.32. The number of hydrogen-bond donors (Lipinski definition) is 0. The molecule has 0 aliphatic carbocycles. The van der Waals surface area contributed by atoms with E-state index in [9.17, 15) is 4.79 Å². The lowest BCUT2D eigenvalue weighted by molar-refractivity contribution is 0.184. The molecule has 0 bridgehead atoms. The summed E-state index contributed by atoms with van der Waals surface area (Å²) in [6.07, 6.45) is 6.88. The number of aryl methyl sites for hydroxylation is 1. The molecule has 0 amide bonds. The monoisotopic (exact) mass is 329 g/mol. The molecule has 2 aromatic rings. The second-order valence-electron chi connectivity index (χ2n) is 7.07. The average molecular weight is 329 g/mol. The van der Waals surface area contributed by atoms with Crippen molar-refractivity contribution in [3.8, 4) is 0 Å². The van der Waals surface area contributed by atoms with Gasteiger partial charge in [-0.05, 0) is 44.4 Å². The van der Waals surface area contributed by atoms with Crippen molar-refractivity contribution >= 4 is 11.0 Å². The van der Waals surface area contributed by atoms with Crippen LogP contribution in [0.25, 0.3) is 11.0 Å². The Morgan fingerprint density at radius 3 is 2.25 bits per heavy atom. The minimum absolute atomic E-state index is 0.191. The van der Waals surface area contributed by atoms with Crippen LogP contribution < -0.4 is 5.69 Å². The van der Waals surface area contributed by atoms with Gasteiger partial charge in [-0.2, -0.15) is 0 Å². The number of piperidine rings is 1. The van der Waals surface area contributed by atoms with Crippen molar-refractivity contribution in [2.45, 2.75) is 65.0 Å². The van der Waals surface area contributed by atoms with Crippen LogP contribution in [0.3, 0.4) is 0 Å². The molecule has 4 heteroatoms. The van der Waals surface area contributed by atoms with Gasteiger partial charge in [0, 0.05) is 25.7 Å². The summed E-state index contributed by atoms with van der Waals surface area (Å²) in [7, 11) is 0. The van der Waals surface area contributed by atoms with Crippen LogP contribution in [-0.4, -0.2) is 33.7 Å². The van der Waals surface area contributed by atoms with Gasteiger partial charge in [-0.15, -0.1) is 0 Å².